The maximum Gasteiger partial charge on any atom is 0.278 e. The highest BCUT2D eigenvalue weighted by atomic mass is 35.5. The highest BCUT2D eigenvalue weighted by Gasteiger charge is 2.14. The molecule has 0 aliphatic heterocycles. The highest BCUT2D eigenvalue weighted by molar-refractivity contribution is 7.99. The summed E-state index contributed by atoms with van der Waals surface area (Å²) in [6.07, 6.45) is 1.84. The van der Waals surface area contributed by atoms with Crippen LogP contribution in [0.4, 0.5) is 0 Å². The molecule has 0 saturated carbocycles. The van der Waals surface area contributed by atoms with Gasteiger partial charge in [0.05, 0.1) is 11.3 Å². The average Bonchev–Trinajstić information content (AvgIpc) is 3.05. The van der Waals surface area contributed by atoms with Crippen LogP contribution >= 0.6 is 23.4 Å². The van der Waals surface area contributed by atoms with Crippen molar-refractivity contribution in [2.45, 2.75) is 44.9 Å². The third-order valence-electron chi connectivity index (χ3n) is 4.34. The number of nitrogens with one attached hydrogen (secondary N) is 2. The lowest BCUT2D eigenvalue weighted by molar-refractivity contribution is -0.118. The second kappa shape index (κ2) is 9.30. The Morgan fingerprint density at radius 1 is 1.36 bits per heavy atom. The van der Waals surface area contributed by atoms with E-state index in [9.17, 15) is 9.59 Å². The van der Waals surface area contributed by atoms with Crippen LogP contribution in [0.1, 0.15) is 31.0 Å². The van der Waals surface area contributed by atoms with Gasteiger partial charge in [0, 0.05) is 23.8 Å². The average molecular weight is 419 g/mol. The van der Waals surface area contributed by atoms with E-state index >= 15 is 0 Å². The van der Waals surface area contributed by atoms with Crippen LogP contribution in [0.15, 0.2) is 40.3 Å². The Kier molecular flexibility index (Phi) is 6.80. The minimum absolute atomic E-state index is 0.0921. The van der Waals surface area contributed by atoms with Crippen LogP contribution in [0.3, 0.4) is 0 Å². The normalized spacial score (nSPS) is 11.1. The van der Waals surface area contributed by atoms with Gasteiger partial charge in [0.15, 0.2) is 5.16 Å². The molecule has 0 bridgehead atoms. The number of aromatic amines is 1. The molecule has 0 saturated heterocycles. The Morgan fingerprint density at radius 3 is 2.89 bits per heavy atom. The Balaban J connectivity index is 1.72. The van der Waals surface area contributed by atoms with Crippen molar-refractivity contribution in [1.82, 2.24) is 19.9 Å². The number of unbranched alkanes of at least 4 members (excludes halogenated alkanes) is 1. The van der Waals surface area contributed by atoms with Gasteiger partial charge in [-0.1, -0.05) is 54.9 Å². The number of hydrogen-bond acceptors (Lipinski definition) is 4. The van der Waals surface area contributed by atoms with Gasteiger partial charge in [-0.25, -0.2) is 4.98 Å². The molecular weight excluding hydrogens is 396 g/mol. The third-order valence-corrected chi connectivity index (χ3v) is 5.68. The molecule has 2 aromatic heterocycles. The molecule has 0 spiro atoms. The number of aryl methyl sites for hydroxylation is 1. The fourth-order valence-corrected chi connectivity index (χ4v) is 3.91. The van der Waals surface area contributed by atoms with Crippen molar-refractivity contribution in [3.05, 3.63) is 57.0 Å². The van der Waals surface area contributed by atoms with E-state index in [4.69, 9.17) is 11.6 Å². The summed E-state index contributed by atoms with van der Waals surface area (Å²) >= 11 is 7.39. The van der Waals surface area contributed by atoms with Gasteiger partial charge in [0.1, 0.15) is 5.52 Å². The van der Waals surface area contributed by atoms with Crippen molar-refractivity contribution in [1.29, 1.82) is 0 Å². The van der Waals surface area contributed by atoms with Crippen LogP contribution in [0.5, 0.6) is 0 Å². The monoisotopic (exact) mass is 418 g/mol. The summed E-state index contributed by atoms with van der Waals surface area (Å²) < 4.78 is 1.66. The standard InChI is InChI=1S/C20H23ClN4O2S/c1-3-4-9-25-19(27)18-16(10-13(2)23-18)24-20(25)28-12-17(26)22-11-14-7-5-6-8-15(14)21/h5-8,10,23H,3-4,9,11-12H2,1-2H3,(H,22,26). The Labute approximate surface area is 172 Å². The molecule has 0 aliphatic carbocycles. The van der Waals surface area contributed by atoms with Gasteiger partial charge in [-0.05, 0) is 31.0 Å². The van der Waals surface area contributed by atoms with E-state index in [2.05, 4.69) is 22.2 Å². The molecule has 0 atom stereocenters. The molecule has 6 nitrogen and oxygen atoms in total. The molecule has 148 valence electrons. The van der Waals surface area contributed by atoms with Crippen molar-refractivity contribution in [3.8, 4) is 0 Å². The summed E-state index contributed by atoms with van der Waals surface area (Å²) in [4.78, 5) is 32.8. The van der Waals surface area contributed by atoms with E-state index in [0.29, 0.717) is 34.3 Å². The zero-order valence-electron chi connectivity index (χ0n) is 15.9. The van der Waals surface area contributed by atoms with Crippen LogP contribution in [-0.2, 0) is 17.9 Å². The van der Waals surface area contributed by atoms with Crippen molar-refractivity contribution in [3.63, 3.8) is 0 Å². The molecule has 28 heavy (non-hydrogen) atoms. The minimum atomic E-state index is -0.133. The van der Waals surface area contributed by atoms with Crippen LogP contribution in [0.2, 0.25) is 5.02 Å². The molecule has 0 aliphatic rings. The third kappa shape index (κ3) is 4.77. The van der Waals surface area contributed by atoms with Gasteiger partial charge in [-0.2, -0.15) is 0 Å². The smallest absolute Gasteiger partial charge is 0.278 e. The molecule has 0 unspecified atom stereocenters. The summed E-state index contributed by atoms with van der Waals surface area (Å²) in [5.41, 5.74) is 2.81. The second-order valence-electron chi connectivity index (χ2n) is 6.57. The number of halogens is 1. The van der Waals surface area contributed by atoms with Gasteiger partial charge in [-0.3, -0.25) is 14.2 Å². The maximum atomic E-state index is 12.8. The maximum absolute atomic E-state index is 12.8. The van der Waals surface area contributed by atoms with Crippen molar-refractivity contribution in [2.24, 2.45) is 0 Å². The van der Waals surface area contributed by atoms with E-state index in [-0.39, 0.29) is 17.2 Å². The van der Waals surface area contributed by atoms with Gasteiger partial charge >= 0.3 is 0 Å². The summed E-state index contributed by atoms with van der Waals surface area (Å²) in [5.74, 6) is 0.0457. The van der Waals surface area contributed by atoms with E-state index in [1.54, 1.807) is 10.6 Å². The molecule has 0 fully saturated rings. The molecular formula is C20H23ClN4O2S. The summed E-state index contributed by atoms with van der Waals surface area (Å²) in [7, 11) is 0. The Bertz CT molecular complexity index is 1040. The van der Waals surface area contributed by atoms with Crippen molar-refractivity contribution >= 4 is 40.3 Å². The van der Waals surface area contributed by atoms with Crippen LogP contribution in [0.25, 0.3) is 11.0 Å². The van der Waals surface area contributed by atoms with Crippen molar-refractivity contribution < 1.29 is 4.79 Å². The number of fused-ring (bicyclic) bond motifs is 1. The largest absolute Gasteiger partial charge is 0.353 e. The number of carbonyl (C=O) groups excluding carboxylic acids is 1. The number of carbonyl (C=O) groups is 1. The molecule has 1 aromatic carbocycles. The second-order valence-corrected chi connectivity index (χ2v) is 7.92. The topological polar surface area (TPSA) is 79.8 Å². The number of thioether (sulfide) groups is 1. The number of amides is 1. The lowest BCUT2D eigenvalue weighted by Crippen LogP contribution is -2.27. The van der Waals surface area contributed by atoms with Crippen LogP contribution < -0.4 is 10.9 Å². The summed E-state index contributed by atoms with van der Waals surface area (Å²) in [6, 6.07) is 9.25. The number of rotatable bonds is 8. The van der Waals surface area contributed by atoms with Crippen LogP contribution in [0, 0.1) is 6.92 Å². The Morgan fingerprint density at radius 2 is 2.14 bits per heavy atom. The quantitative estimate of drug-likeness (QED) is 0.429. The first-order valence-electron chi connectivity index (χ1n) is 9.22. The molecule has 1 amide bonds. The molecule has 0 radical (unpaired) electrons. The van der Waals surface area contributed by atoms with Gasteiger partial charge in [-0.15, -0.1) is 0 Å². The molecule has 2 N–H and O–H groups in total. The first-order valence-corrected chi connectivity index (χ1v) is 10.6. The number of aromatic nitrogens is 3. The highest BCUT2D eigenvalue weighted by Crippen LogP contribution is 2.19. The van der Waals surface area contributed by atoms with Gasteiger partial charge in [0.2, 0.25) is 5.91 Å². The van der Waals surface area contributed by atoms with Gasteiger partial charge in [0.25, 0.3) is 5.56 Å². The molecule has 2 heterocycles. The van der Waals surface area contributed by atoms with Crippen LogP contribution in [-0.4, -0.2) is 26.2 Å². The molecule has 3 aromatic rings. The predicted molar refractivity (Wildman–Crippen MR) is 114 cm³/mol. The van der Waals surface area contributed by atoms with Crippen molar-refractivity contribution in [2.75, 3.05) is 5.75 Å². The predicted octanol–water partition coefficient (Wildman–Crippen LogP) is 3.90. The first-order chi connectivity index (χ1) is 13.5. The lowest BCUT2D eigenvalue weighted by Gasteiger charge is -2.12. The summed E-state index contributed by atoms with van der Waals surface area (Å²) in [6.45, 7) is 4.92. The molecule has 8 heteroatoms. The Hall–Kier alpha value is -2.25. The van der Waals surface area contributed by atoms with E-state index in [0.717, 1.165) is 24.1 Å². The number of H-pyrrole nitrogens is 1. The van der Waals surface area contributed by atoms with Gasteiger partial charge < -0.3 is 10.3 Å². The molecule has 3 rings (SSSR count). The van der Waals surface area contributed by atoms with E-state index < -0.39 is 0 Å². The zero-order chi connectivity index (χ0) is 20.1. The number of benzene rings is 1. The zero-order valence-corrected chi connectivity index (χ0v) is 17.5. The first kappa shape index (κ1) is 20.5. The SMILES string of the molecule is CCCCn1c(SCC(=O)NCc2ccccc2Cl)nc2cc(C)[nH]c2c1=O. The van der Waals surface area contributed by atoms with E-state index in [1.165, 1.54) is 11.8 Å². The lowest BCUT2D eigenvalue weighted by atomic mass is 10.2. The number of nitrogens with zero attached hydrogens (tertiary/aromatic N) is 2. The fourth-order valence-electron chi connectivity index (χ4n) is 2.85. The van der Waals surface area contributed by atoms with E-state index in [1.807, 2.05) is 31.2 Å². The number of hydrogen-bond donors (Lipinski definition) is 2. The summed E-state index contributed by atoms with van der Waals surface area (Å²) in [5, 5.41) is 4.05. The minimum Gasteiger partial charge on any atom is -0.353 e. The fraction of sp³-hybridized carbons (Fsp3) is 0.350.